The van der Waals surface area contributed by atoms with Gasteiger partial charge in [-0.2, -0.15) is 0 Å². The van der Waals surface area contributed by atoms with Crippen LogP contribution in [-0.2, 0) is 17.7 Å². The predicted molar refractivity (Wildman–Crippen MR) is 102 cm³/mol. The standard InChI is InChI=1S/C12H30O4S3Si2/c1-7-13-20(5,14-8-2)11-17-19-18-12-21(6,15-9-3)16-10-4/h7-12H2,1-6H3. The van der Waals surface area contributed by atoms with Crippen LogP contribution >= 0.6 is 31.4 Å². The highest BCUT2D eigenvalue weighted by molar-refractivity contribution is 9.09. The molecule has 0 aromatic rings. The Hall–Kier alpha value is 1.32. The van der Waals surface area contributed by atoms with Crippen LogP contribution in [0.15, 0.2) is 0 Å². The van der Waals surface area contributed by atoms with Crippen molar-refractivity contribution in [1.29, 1.82) is 0 Å². The van der Waals surface area contributed by atoms with Gasteiger partial charge >= 0.3 is 17.1 Å². The zero-order valence-corrected chi connectivity index (χ0v) is 18.5. The molecular weight excluding hydrogens is 361 g/mol. The van der Waals surface area contributed by atoms with Gasteiger partial charge in [-0.25, -0.2) is 0 Å². The first-order valence-electron chi connectivity index (χ1n) is 7.42. The van der Waals surface area contributed by atoms with Crippen molar-refractivity contribution in [2.45, 2.75) is 40.8 Å². The molecular formula is C12H30O4S3Si2. The van der Waals surface area contributed by atoms with Crippen molar-refractivity contribution in [1.82, 2.24) is 0 Å². The zero-order valence-electron chi connectivity index (χ0n) is 14.1. The lowest BCUT2D eigenvalue weighted by Crippen LogP contribution is -2.42. The van der Waals surface area contributed by atoms with E-state index in [0.717, 1.165) is 37.2 Å². The summed E-state index contributed by atoms with van der Waals surface area (Å²) in [7, 11) is 1.44. The van der Waals surface area contributed by atoms with Crippen LogP contribution in [0.2, 0.25) is 13.1 Å². The Kier molecular flexibility index (Phi) is 13.5. The smallest absolute Gasteiger partial charge is 0.346 e. The maximum Gasteiger partial charge on any atom is 0.346 e. The molecule has 0 fully saturated rings. The molecule has 0 radical (unpaired) electrons. The minimum absolute atomic E-state index is 0.723. The lowest BCUT2D eigenvalue weighted by atomic mass is 10.9. The highest BCUT2D eigenvalue weighted by Crippen LogP contribution is 2.38. The van der Waals surface area contributed by atoms with Crippen LogP contribution in [0.3, 0.4) is 0 Å². The fraction of sp³-hybridized carbons (Fsp3) is 1.00. The Morgan fingerprint density at radius 2 is 0.905 bits per heavy atom. The second-order valence-electron chi connectivity index (χ2n) is 4.59. The molecule has 0 saturated heterocycles. The third kappa shape index (κ3) is 10.7. The third-order valence-corrected chi connectivity index (χ3v) is 15.9. The summed E-state index contributed by atoms with van der Waals surface area (Å²) in [4.78, 5) is 0. The van der Waals surface area contributed by atoms with Crippen LogP contribution in [0, 0.1) is 0 Å². The SMILES string of the molecule is CCO[Si](C)(CSSSC[Si](C)(OCC)OCC)OCC. The monoisotopic (exact) mass is 390 g/mol. The van der Waals surface area contributed by atoms with E-state index in [1.165, 1.54) is 0 Å². The minimum atomic E-state index is -2.00. The Labute approximate surface area is 144 Å². The van der Waals surface area contributed by atoms with Gasteiger partial charge in [0.15, 0.2) is 0 Å². The van der Waals surface area contributed by atoms with Crippen molar-refractivity contribution in [2.24, 2.45) is 0 Å². The predicted octanol–water partition coefficient (Wildman–Crippen LogP) is 4.38. The highest BCUT2D eigenvalue weighted by atomic mass is 33.5. The molecule has 0 aliphatic carbocycles. The van der Waals surface area contributed by atoms with Gasteiger partial charge in [0.05, 0.1) is 0 Å². The van der Waals surface area contributed by atoms with Gasteiger partial charge in [-0.1, -0.05) is 21.6 Å². The minimum Gasteiger partial charge on any atom is -0.394 e. The van der Waals surface area contributed by atoms with Crippen LogP contribution in [0.1, 0.15) is 27.7 Å². The normalized spacial score (nSPS) is 12.9. The first-order valence-corrected chi connectivity index (χ1v) is 16.3. The van der Waals surface area contributed by atoms with Gasteiger partial charge in [0.25, 0.3) is 0 Å². The van der Waals surface area contributed by atoms with Gasteiger partial charge in [0.1, 0.15) is 0 Å². The molecule has 0 aliphatic rings. The number of rotatable bonds is 14. The molecule has 0 bridgehead atoms. The summed E-state index contributed by atoms with van der Waals surface area (Å²) in [5.41, 5.74) is 0. The molecule has 0 spiro atoms. The van der Waals surface area contributed by atoms with E-state index in [2.05, 4.69) is 13.1 Å². The Morgan fingerprint density at radius 3 is 1.14 bits per heavy atom. The molecule has 21 heavy (non-hydrogen) atoms. The van der Waals surface area contributed by atoms with Crippen molar-refractivity contribution >= 4 is 48.5 Å². The zero-order chi connectivity index (χ0) is 16.2. The molecule has 0 unspecified atom stereocenters. The third-order valence-electron chi connectivity index (χ3n) is 2.54. The van der Waals surface area contributed by atoms with Gasteiger partial charge in [-0.3, -0.25) is 0 Å². The van der Waals surface area contributed by atoms with E-state index in [4.69, 9.17) is 17.7 Å². The van der Waals surface area contributed by atoms with Gasteiger partial charge in [-0.05, 0) is 50.6 Å². The van der Waals surface area contributed by atoms with Gasteiger partial charge in [0, 0.05) is 37.2 Å². The first-order chi connectivity index (χ1) is 9.95. The molecule has 0 aromatic carbocycles. The average molecular weight is 391 g/mol. The first kappa shape index (κ1) is 22.3. The Balaban J connectivity index is 4.01. The van der Waals surface area contributed by atoms with Crippen LogP contribution in [0.4, 0.5) is 0 Å². The lowest BCUT2D eigenvalue weighted by molar-refractivity contribution is 0.194. The summed E-state index contributed by atoms with van der Waals surface area (Å²) in [5, 5.41) is 1.88. The van der Waals surface area contributed by atoms with Crippen LogP contribution in [0.25, 0.3) is 0 Å². The summed E-state index contributed by atoms with van der Waals surface area (Å²) >= 11 is 0. The molecule has 0 saturated carbocycles. The van der Waals surface area contributed by atoms with Crippen LogP contribution < -0.4 is 0 Å². The van der Waals surface area contributed by atoms with Gasteiger partial charge < -0.3 is 17.7 Å². The lowest BCUT2D eigenvalue weighted by Gasteiger charge is -2.26. The van der Waals surface area contributed by atoms with Gasteiger partial charge in [0.2, 0.25) is 0 Å². The molecule has 0 amide bonds. The molecule has 0 heterocycles. The van der Waals surface area contributed by atoms with Crippen LogP contribution in [-0.4, -0.2) is 54.3 Å². The van der Waals surface area contributed by atoms with Crippen LogP contribution in [0.5, 0.6) is 0 Å². The van der Waals surface area contributed by atoms with E-state index in [1.807, 2.05) is 49.3 Å². The van der Waals surface area contributed by atoms with E-state index < -0.39 is 17.1 Å². The molecule has 0 rings (SSSR count). The van der Waals surface area contributed by atoms with E-state index in [1.54, 1.807) is 9.83 Å². The Bertz CT molecular complexity index is 227. The second kappa shape index (κ2) is 12.7. The van der Waals surface area contributed by atoms with E-state index >= 15 is 0 Å². The fourth-order valence-corrected chi connectivity index (χ4v) is 16.0. The maximum absolute atomic E-state index is 5.83. The second-order valence-corrected chi connectivity index (χ2v) is 16.2. The Morgan fingerprint density at radius 1 is 0.619 bits per heavy atom. The van der Waals surface area contributed by atoms with Crippen molar-refractivity contribution < 1.29 is 17.7 Å². The largest absolute Gasteiger partial charge is 0.394 e. The van der Waals surface area contributed by atoms with Crippen molar-refractivity contribution in [2.75, 3.05) is 37.2 Å². The highest BCUT2D eigenvalue weighted by Gasteiger charge is 2.33. The van der Waals surface area contributed by atoms with Gasteiger partial charge in [-0.15, -0.1) is 0 Å². The molecule has 0 N–H and O–H groups in total. The van der Waals surface area contributed by atoms with Crippen molar-refractivity contribution in [3.05, 3.63) is 0 Å². The van der Waals surface area contributed by atoms with Crippen molar-refractivity contribution in [3.63, 3.8) is 0 Å². The van der Waals surface area contributed by atoms with E-state index in [-0.39, 0.29) is 0 Å². The molecule has 0 aromatic heterocycles. The van der Waals surface area contributed by atoms with E-state index in [0.29, 0.717) is 0 Å². The summed E-state index contributed by atoms with van der Waals surface area (Å²) in [6.45, 7) is 15.3. The topological polar surface area (TPSA) is 36.9 Å². The quantitative estimate of drug-likeness (QED) is 0.247. The average Bonchev–Trinajstić information content (AvgIpc) is 2.39. The molecule has 4 nitrogen and oxygen atoms in total. The van der Waals surface area contributed by atoms with E-state index in [9.17, 15) is 0 Å². The summed E-state index contributed by atoms with van der Waals surface area (Å²) in [5.74, 6) is 0. The number of hydrogen-bond donors (Lipinski definition) is 0. The molecule has 0 atom stereocenters. The maximum atomic E-state index is 5.83. The molecule has 128 valence electrons. The summed E-state index contributed by atoms with van der Waals surface area (Å²) in [6.07, 6.45) is 0. The number of hydrogen-bond acceptors (Lipinski definition) is 7. The van der Waals surface area contributed by atoms with Crippen molar-refractivity contribution in [3.8, 4) is 0 Å². The summed E-state index contributed by atoms with van der Waals surface area (Å²) < 4.78 is 23.3. The molecule has 0 aliphatic heterocycles. The fourth-order valence-electron chi connectivity index (χ4n) is 1.77. The molecule has 9 heteroatoms. The summed E-state index contributed by atoms with van der Waals surface area (Å²) in [6, 6.07) is 0.